The van der Waals surface area contributed by atoms with E-state index in [0.29, 0.717) is 18.0 Å². The van der Waals surface area contributed by atoms with Crippen molar-refractivity contribution in [3.63, 3.8) is 0 Å². The number of aromatic amines is 1. The number of nitrogens with zero attached hydrogens (tertiary/aromatic N) is 1. The fourth-order valence-electron chi connectivity index (χ4n) is 4.02. The molecule has 0 amide bonds. The van der Waals surface area contributed by atoms with Crippen LogP contribution in [0.5, 0.6) is 5.75 Å². The fraction of sp³-hybridized carbons (Fsp3) is 0.364. The van der Waals surface area contributed by atoms with Gasteiger partial charge in [-0.25, -0.2) is 8.42 Å². The monoisotopic (exact) mass is 398 g/mol. The van der Waals surface area contributed by atoms with Gasteiger partial charge in [0.1, 0.15) is 5.75 Å². The van der Waals surface area contributed by atoms with Crippen molar-refractivity contribution in [2.24, 2.45) is 0 Å². The Morgan fingerprint density at radius 2 is 1.93 bits per heavy atom. The molecule has 1 unspecified atom stereocenters. The first-order valence-corrected chi connectivity index (χ1v) is 11.1. The zero-order valence-electron chi connectivity index (χ0n) is 16.5. The molecule has 6 heteroatoms. The molecule has 5 nitrogen and oxygen atoms in total. The van der Waals surface area contributed by atoms with E-state index in [2.05, 4.69) is 11.1 Å². The summed E-state index contributed by atoms with van der Waals surface area (Å²) in [5.41, 5.74) is 3.89. The van der Waals surface area contributed by atoms with Crippen LogP contribution in [0.4, 0.5) is 0 Å². The molecule has 0 aliphatic carbocycles. The van der Waals surface area contributed by atoms with Gasteiger partial charge in [-0.05, 0) is 68.1 Å². The lowest BCUT2D eigenvalue weighted by Crippen LogP contribution is -2.39. The van der Waals surface area contributed by atoms with Crippen LogP contribution < -0.4 is 4.74 Å². The first-order valence-electron chi connectivity index (χ1n) is 9.62. The van der Waals surface area contributed by atoms with Crippen molar-refractivity contribution in [2.45, 2.75) is 37.5 Å². The molecule has 3 aromatic rings. The van der Waals surface area contributed by atoms with Crippen molar-refractivity contribution in [2.75, 3.05) is 20.2 Å². The molecule has 1 aromatic heterocycles. The molecule has 1 aliphatic rings. The molecule has 1 fully saturated rings. The van der Waals surface area contributed by atoms with Crippen LogP contribution in [0, 0.1) is 13.8 Å². The number of aryl methyl sites for hydroxylation is 2. The Kier molecular flexibility index (Phi) is 4.93. The van der Waals surface area contributed by atoms with Crippen LogP contribution in [-0.2, 0) is 10.0 Å². The third kappa shape index (κ3) is 3.42. The summed E-state index contributed by atoms with van der Waals surface area (Å²) in [4.78, 5) is 3.90. The van der Waals surface area contributed by atoms with Gasteiger partial charge in [-0.1, -0.05) is 12.1 Å². The first-order chi connectivity index (χ1) is 13.4. The van der Waals surface area contributed by atoms with E-state index in [1.807, 2.05) is 44.2 Å². The van der Waals surface area contributed by atoms with Gasteiger partial charge >= 0.3 is 0 Å². The smallest absolute Gasteiger partial charge is 0.243 e. The van der Waals surface area contributed by atoms with Crippen LogP contribution in [0.1, 0.15) is 35.6 Å². The summed E-state index contributed by atoms with van der Waals surface area (Å²) in [5.74, 6) is 0.979. The number of piperidine rings is 1. The van der Waals surface area contributed by atoms with Crippen LogP contribution >= 0.6 is 0 Å². The van der Waals surface area contributed by atoms with Gasteiger partial charge in [0, 0.05) is 35.6 Å². The van der Waals surface area contributed by atoms with E-state index in [0.717, 1.165) is 46.3 Å². The molecule has 0 saturated carbocycles. The van der Waals surface area contributed by atoms with Gasteiger partial charge in [0.15, 0.2) is 0 Å². The van der Waals surface area contributed by atoms with Gasteiger partial charge in [-0.2, -0.15) is 4.31 Å². The lowest BCUT2D eigenvalue weighted by Gasteiger charge is -2.32. The number of H-pyrrole nitrogens is 1. The van der Waals surface area contributed by atoms with Gasteiger partial charge < -0.3 is 9.72 Å². The second-order valence-corrected chi connectivity index (χ2v) is 9.56. The maximum Gasteiger partial charge on any atom is 0.243 e. The van der Waals surface area contributed by atoms with Crippen molar-refractivity contribution in [1.82, 2.24) is 9.29 Å². The van der Waals surface area contributed by atoms with E-state index < -0.39 is 10.0 Å². The van der Waals surface area contributed by atoms with E-state index in [9.17, 15) is 8.42 Å². The Labute approximate surface area is 166 Å². The summed E-state index contributed by atoms with van der Waals surface area (Å²) in [6.07, 6.45) is 1.83. The normalized spacial score (nSPS) is 18.5. The topological polar surface area (TPSA) is 62.4 Å². The van der Waals surface area contributed by atoms with Gasteiger partial charge in [-0.15, -0.1) is 0 Å². The minimum absolute atomic E-state index is 0.159. The summed E-state index contributed by atoms with van der Waals surface area (Å²) in [5, 5.41) is 1.09. The molecule has 4 rings (SSSR count). The Morgan fingerprint density at radius 3 is 2.71 bits per heavy atom. The molecular weight excluding hydrogens is 372 g/mol. The Morgan fingerprint density at radius 1 is 1.11 bits per heavy atom. The molecule has 0 bridgehead atoms. The van der Waals surface area contributed by atoms with Gasteiger partial charge in [-0.3, -0.25) is 0 Å². The lowest BCUT2D eigenvalue weighted by atomic mass is 9.96. The SMILES string of the molecule is COc1ccc2[nH]c(C3CCCN(S(=O)(=O)c4cc(C)ccc4C)C3)cc2c1. The number of benzene rings is 2. The number of hydrogen-bond donors (Lipinski definition) is 1. The Hall–Kier alpha value is -2.31. The largest absolute Gasteiger partial charge is 0.497 e. The highest BCUT2D eigenvalue weighted by Gasteiger charge is 2.32. The lowest BCUT2D eigenvalue weighted by molar-refractivity contribution is 0.313. The van der Waals surface area contributed by atoms with Gasteiger partial charge in [0.05, 0.1) is 12.0 Å². The Bertz CT molecular complexity index is 1120. The maximum atomic E-state index is 13.3. The van der Waals surface area contributed by atoms with Crippen LogP contribution in [0.2, 0.25) is 0 Å². The number of sulfonamides is 1. The van der Waals surface area contributed by atoms with E-state index in [1.54, 1.807) is 17.5 Å². The summed E-state index contributed by atoms with van der Waals surface area (Å²) in [7, 11) is -1.84. The highest BCUT2D eigenvalue weighted by Crippen LogP contribution is 2.33. The third-order valence-electron chi connectivity index (χ3n) is 5.63. The fourth-order valence-corrected chi connectivity index (χ4v) is 5.85. The number of hydrogen-bond acceptors (Lipinski definition) is 3. The third-order valence-corrected chi connectivity index (χ3v) is 7.64. The predicted octanol–water partition coefficient (Wildman–Crippen LogP) is 4.36. The van der Waals surface area contributed by atoms with Crippen molar-refractivity contribution in [1.29, 1.82) is 0 Å². The number of ether oxygens (including phenoxy) is 1. The number of methoxy groups -OCH3 is 1. The average molecular weight is 399 g/mol. The van der Waals surface area contributed by atoms with Crippen LogP contribution in [0.15, 0.2) is 47.4 Å². The molecule has 1 saturated heterocycles. The Balaban J connectivity index is 1.63. The van der Waals surface area contributed by atoms with Crippen LogP contribution in [-0.4, -0.2) is 37.9 Å². The number of aromatic nitrogens is 1. The van der Waals surface area contributed by atoms with E-state index in [-0.39, 0.29) is 5.92 Å². The second-order valence-electron chi connectivity index (χ2n) is 7.65. The minimum Gasteiger partial charge on any atom is -0.497 e. The molecule has 2 aromatic carbocycles. The highest BCUT2D eigenvalue weighted by atomic mass is 32.2. The molecule has 1 aliphatic heterocycles. The molecule has 0 spiro atoms. The number of rotatable bonds is 4. The number of nitrogens with one attached hydrogen (secondary N) is 1. The molecule has 1 N–H and O–H groups in total. The summed E-state index contributed by atoms with van der Waals surface area (Å²) in [6, 6.07) is 13.7. The van der Waals surface area contributed by atoms with E-state index in [4.69, 9.17) is 4.74 Å². The standard InChI is InChI=1S/C22H26N2O3S/c1-15-6-7-16(2)22(11-15)28(25,26)24-10-4-5-17(14-24)21-13-18-12-19(27-3)8-9-20(18)23-21/h6-9,11-13,17,23H,4-5,10,14H2,1-3H3. The van der Waals surface area contributed by atoms with E-state index >= 15 is 0 Å². The zero-order valence-corrected chi connectivity index (χ0v) is 17.3. The summed E-state index contributed by atoms with van der Waals surface area (Å²) in [6.45, 7) is 4.86. The van der Waals surface area contributed by atoms with Crippen LogP contribution in [0.3, 0.4) is 0 Å². The van der Waals surface area contributed by atoms with Crippen molar-refractivity contribution >= 4 is 20.9 Å². The van der Waals surface area contributed by atoms with Crippen molar-refractivity contribution in [3.05, 3.63) is 59.3 Å². The van der Waals surface area contributed by atoms with Gasteiger partial charge in [0.2, 0.25) is 10.0 Å². The molecule has 0 radical (unpaired) electrons. The highest BCUT2D eigenvalue weighted by molar-refractivity contribution is 7.89. The van der Waals surface area contributed by atoms with Crippen molar-refractivity contribution in [3.8, 4) is 5.75 Å². The maximum absolute atomic E-state index is 13.3. The minimum atomic E-state index is -3.50. The molecule has 148 valence electrons. The molecule has 2 heterocycles. The average Bonchev–Trinajstić information content (AvgIpc) is 3.13. The van der Waals surface area contributed by atoms with E-state index in [1.165, 1.54) is 0 Å². The predicted molar refractivity (Wildman–Crippen MR) is 112 cm³/mol. The van der Waals surface area contributed by atoms with Crippen molar-refractivity contribution < 1.29 is 13.2 Å². The zero-order chi connectivity index (χ0) is 19.9. The summed E-state index contributed by atoms with van der Waals surface area (Å²) >= 11 is 0. The molecule has 1 atom stereocenters. The van der Waals surface area contributed by atoms with Crippen LogP contribution in [0.25, 0.3) is 10.9 Å². The number of fused-ring (bicyclic) bond motifs is 1. The quantitative estimate of drug-likeness (QED) is 0.710. The second kappa shape index (κ2) is 7.26. The molecule has 28 heavy (non-hydrogen) atoms. The summed E-state index contributed by atoms with van der Waals surface area (Å²) < 4.78 is 33.5. The van der Waals surface area contributed by atoms with Gasteiger partial charge in [0.25, 0.3) is 0 Å². The molecular formula is C22H26N2O3S. The first kappa shape index (κ1) is 19.0.